The molecule has 0 aliphatic carbocycles. The molecule has 0 amide bonds. The van der Waals surface area contributed by atoms with Gasteiger partial charge in [0.2, 0.25) is 0 Å². The van der Waals surface area contributed by atoms with Crippen LogP contribution < -0.4 is 0 Å². The van der Waals surface area contributed by atoms with E-state index in [4.69, 9.17) is 0 Å². The van der Waals surface area contributed by atoms with Gasteiger partial charge in [0.25, 0.3) is 0 Å². The number of hydrogen-bond donors (Lipinski definition) is 0. The van der Waals surface area contributed by atoms with Crippen LogP contribution in [0.3, 0.4) is 0 Å². The van der Waals surface area contributed by atoms with Crippen LogP contribution in [0.25, 0.3) is 11.1 Å². The molecule has 76 valence electrons. The zero-order valence-corrected chi connectivity index (χ0v) is 9.27. The van der Waals surface area contributed by atoms with Crippen molar-refractivity contribution in [2.75, 3.05) is 0 Å². The summed E-state index contributed by atoms with van der Waals surface area (Å²) in [7, 11) is 0. The second-order valence-electron chi connectivity index (χ2n) is 4.11. The Kier molecular flexibility index (Phi) is 2.86. The fourth-order valence-corrected chi connectivity index (χ4v) is 1.88. The van der Waals surface area contributed by atoms with Crippen molar-refractivity contribution in [2.24, 2.45) is 0 Å². The quantitative estimate of drug-likeness (QED) is 0.664. The number of benzene rings is 2. The van der Waals surface area contributed by atoms with Crippen LogP contribution in [0.5, 0.6) is 0 Å². The zero-order chi connectivity index (χ0) is 10.7. The minimum absolute atomic E-state index is 0.571. The maximum absolute atomic E-state index is 2.24. The second-order valence-corrected chi connectivity index (χ2v) is 4.11. The van der Waals surface area contributed by atoms with E-state index < -0.39 is 0 Å². The topological polar surface area (TPSA) is 0 Å². The molecule has 0 aliphatic heterocycles. The van der Waals surface area contributed by atoms with Crippen molar-refractivity contribution in [1.29, 1.82) is 0 Å². The van der Waals surface area contributed by atoms with E-state index in [1.165, 1.54) is 16.7 Å². The minimum Gasteiger partial charge on any atom is -0.0622 e. The summed E-state index contributed by atoms with van der Waals surface area (Å²) < 4.78 is 0. The van der Waals surface area contributed by atoms with Crippen molar-refractivity contribution in [2.45, 2.75) is 19.8 Å². The first-order valence-corrected chi connectivity index (χ1v) is 5.43. The zero-order valence-electron chi connectivity index (χ0n) is 9.27. The average Bonchev–Trinajstić information content (AvgIpc) is 2.30. The third-order valence-electron chi connectivity index (χ3n) is 2.67. The van der Waals surface area contributed by atoms with E-state index in [2.05, 4.69) is 68.4 Å². The van der Waals surface area contributed by atoms with Crippen molar-refractivity contribution < 1.29 is 0 Å². The molecule has 0 spiro atoms. The fraction of sp³-hybridized carbons (Fsp3) is 0.200. The van der Waals surface area contributed by atoms with Crippen LogP contribution in [-0.4, -0.2) is 0 Å². The minimum atomic E-state index is 0.571. The summed E-state index contributed by atoms with van der Waals surface area (Å²) in [5.74, 6) is 0.571. The maximum Gasteiger partial charge on any atom is -0.0149 e. The third-order valence-corrected chi connectivity index (χ3v) is 2.67. The highest BCUT2D eigenvalue weighted by molar-refractivity contribution is 5.67. The van der Waals surface area contributed by atoms with Gasteiger partial charge >= 0.3 is 0 Å². The molecule has 0 saturated heterocycles. The van der Waals surface area contributed by atoms with Crippen LogP contribution in [0.4, 0.5) is 0 Å². The van der Waals surface area contributed by atoms with Crippen LogP contribution in [0.2, 0.25) is 0 Å². The van der Waals surface area contributed by atoms with Gasteiger partial charge < -0.3 is 0 Å². The van der Waals surface area contributed by atoms with E-state index in [0.29, 0.717) is 5.92 Å². The van der Waals surface area contributed by atoms with Crippen LogP contribution in [0.1, 0.15) is 25.3 Å². The molecule has 0 heterocycles. The summed E-state index contributed by atoms with van der Waals surface area (Å²) in [6.45, 7) is 4.48. The van der Waals surface area contributed by atoms with Crippen molar-refractivity contribution in [3.63, 3.8) is 0 Å². The molecule has 0 aliphatic rings. The molecule has 0 N–H and O–H groups in total. The van der Waals surface area contributed by atoms with Gasteiger partial charge in [-0.25, -0.2) is 0 Å². The Labute approximate surface area is 91.6 Å². The van der Waals surface area contributed by atoms with Gasteiger partial charge in [0.1, 0.15) is 0 Å². The lowest BCUT2D eigenvalue weighted by atomic mass is 9.93. The largest absolute Gasteiger partial charge is 0.0622 e. The Bertz CT molecular complexity index is 427. The summed E-state index contributed by atoms with van der Waals surface area (Å²) in [4.78, 5) is 0. The average molecular weight is 196 g/mol. The van der Waals surface area contributed by atoms with Gasteiger partial charge in [0.15, 0.2) is 0 Å². The van der Waals surface area contributed by atoms with Crippen molar-refractivity contribution in [3.05, 3.63) is 60.2 Å². The summed E-state index contributed by atoms with van der Waals surface area (Å²) in [6.07, 6.45) is 0. The van der Waals surface area contributed by atoms with E-state index in [-0.39, 0.29) is 0 Å². The van der Waals surface area contributed by atoms with Crippen LogP contribution in [-0.2, 0) is 0 Å². The van der Waals surface area contributed by atoms with E-state index in [1.54, 1.807) is 0 Å². The predicted molar refractivity (Wildman–Crippen MR) is 66.0 cm³/mol. The van der Waals surface area contributed by atoms with Gasteiger partial charge in [-0.05, 0) is 22.6 Å². The highest BCUT2D eigenvalue weighted by atomic mass is 14.1. The van der Waals surface area contributed by atoms with Gasteiger partial charge in [-0.15, -0.1) is 0 Å². The first kappa shape index (κ1) is 9.97. The second kappa shape index (κ2) is 4.31. The normalized spacial score (nSPS) is 10.6. The molecule has 0 nitrogen and oxygen atoms in total. The van der Waals surface area contributed by atoms with Crippen LogP contribution >= 0.6 is 0 Å². The molecular formula is C15H16. The molecule has 0 saturated carbocycles. The summed E-state index contributed by atoms with van der Waals surface area (Å²) >= 11 is 0. The van der Waals surface area contributed by atoms with Gasteiger partial charge in [0, 0.05) is 0 Å². The molecule has 0 atom stereocenters. The molecule has 0 fully saturated rings. The molecule has 0 aromatic heterocycles. The molecule has 2 aromatic rings. The van der Waals surface area contributed by atoms with E-state index in [9.17, 15) is 0 Å². The lowest BCUT2D eigenvalue weighted by molar-refractivity contribution is 0.869. The molecule has 0 radical (unpaired) electrons. The Hall–Kier alpha value is -1.56. The molecule has 2 aromatic carbocycles. The van der Waals surface area contributed by atoms with E-state index in [0.717, 1.165) is 0 Å². The first-order valence-electron chi connectivity index (χ1n) is 5.43. The van der Waals surface area contributed by atoms with Gasteiger partial charge in [-0.2, -0.15) is 0 Å². The number of rotatable bonds is 2. The van der Waals surface area contributed by atoms with Crippen molar-refractivity contribution in [3.8, 4) is 11.1 Å². The van der Waals surface area contributed by atoms with Crippen LogP contribution in [0.15, 0.2) is 54.6 Å². The summed E-state index contributed by atoms with van der Waals surface area (Å²) in [5.41, 5.74) is 4.08. The van der Waals surface area contributed by atoms with Crippen molar-refractivity contribution in [1.82, 2.24) is 0 Å². The molecule has 2 rings (SSSR count). The molecule has 0 unspecified atom stereocenters. The summed E-state index contributed by atoms with van der Waals surface area (Å²) in [5, 5.41) is 0. The standard InChI is InChI=1S/C15H16/c1-12(2)14-10-6-7-11-15(14)13-8-4-3-5-9-13/h3-12H,1-2H3. The molecule has 0 heteroatoms. The highest BCUT2D eigenvalue weighted by Gasteiger charge is 2.06. The van der Waals surface area contributed by atoms with Gasteiger partial charge in [0.05, 0.1) is 0 Å². The predicted octanol–water partition coefficient (Wildman–Crippen LogP) is 4.48. The molecule has 0 bridgehead atoms. The SMILES string of the molecule is CC(C)c1ccccc1-c1ccccc1. The smallest absolute Gasteiger partial charge is 0.0149 e. The summed E-state index contributed by atoms with van der Waals surface area (Å²) in [6, 6.07) is 19.2. The Morgan fingerprint density at radius 2 is 1.33 bits per heavy atom. The molecule has 15 heavy (non-hydrogen) atoms. The monoisotopic (exact) mass is 196 g/mol. The Morgan fingerprint density at radius 1 is 0.733 bits per heavy atom. The third kappa shape index (κ3) is 2.10. The lowest BCUT2D eigenvalue weighted by Gasteiger charge is -2.12. The highest BCUT2D eigenvalue weighted by Crippen LogP contribution is 2.28. The lowest BCUT2D eigenvalue weighted by Crippen LogP contribution is -1.91. The molecular weight excluding hydrogens is 180 g/mol. The first-order chi connectivity index (χ1) is 7.29. The Morgan fingerprint density at radius 3 is 2.00 bits per heavy atom. The van der Waals surface area contributed by atoms with Crippen LogP contribution in [0, 0.1) is 0 Å². The Balaban J connectivity index is 2.53. The fourth-order valence-electron chi connectivity index (χ4n) is 1.88. The van der Waals surface area contributed by atoms with E-state index >= 15 is 0 Å². The van der Waals surface area contributed by atoms with Gasteiger partial charge in [-0.1, -0.05) is 68.4 Å². The van der Waals surface area contributed by atoms with Gasteiger partial charge in [-0.3, -0.25) is 0 Å². The van der Waals surface area contributed by atoms with E-state index in [1.807, 2.05) is 0 Å². The van der Waals surface area contributed by atoms with Crippen molar-refractivity contribution >= 4 is 0 Å². The maximum atomic E-state index is 2.24. The number of hydrogen-bond acceptors (Lipinski definition) is 0.